The Kier molecular flexibility index (Phi) is 6.44. The van der Waals surface area contributed by atoms with E-state index < -0.39 is 20.0 Å². The molecule has 0 bridgehead atoms. The molecule has 0 atom stereocenters. The van der Waals surface area contributed by atoms with Crippen molar-refractivity contribution in [3.8, 4) is 17.6 Å². The van der Waals surface area contributed by atoms with Crippen LogP contribution in [0, 0.1) is 11.3 Å². The third-order valence-electron chi connectivity index (χ3n) is 4.68. The van der Waals surface area contributed by atoms with E-state index in [9.17, 15) is 16.8 Å². The highest BCUT2D eigenvalue weighted by Crippen LogP contribution is 2.33. The minimum atomic E-state index is -3.75. The summed E-state index contributed by atoms with van der Waals surface area (Å²) in [7, 11) is -7.19. The summed E-state index contributed by atoms with van der Waals surface area (Å²) in [5.74, 6) is 0.882. The van der Waals surface area contributed by atoms with Gasteiger partial charge in [0.2, 0.25) is 20.0 Å². The number of nitrogens with zero attached hydrogens (tertiary/aromatic N) is 3. The summed E-state index contributed by atoms with van der Waals surface area (Å²) in [4.78, 5) is 0.101. The van der Waals surface area contributed by atoms with Gasteiger partial charge in [0.15, 0.2) is 11.5 Å². The molecule has 1 saturated heterocycles. The van der Waals surface area contributed by atoms with E-state index >= 15 is 0 Å². The summed E-state index contributed by atoms with van der Waals surface area (Å²) in [5, 5.41) is 8.52. The minimum absolute atomic E-state index is 0.0242. The SMILES string of the molecule is N#CCCCCS(=O)(=O)N1CCN(S(=O)(=O)c2ccc3c(c2)OCCO3)CC1. The van der Waals surface area contributed by atoms with Crippen LogP contribution in [0.15, 0.2) is 23.1 Å². The second-order valence-electron chi connectivity index (χ2n) is 6.54. The van der Waals surface area contributed by atoms with Gasteiger partial charge in [0, 0.05) is 38.7 Å². The summed E-state index contributed by atoms with van der Waals surface area (Å²) in [6.07, 6.45) is 1.29. The standard InChI is InChI=1S/C17H23N3O6S2/c18-6-2-1-3-13-27(21,22)19-7-9-20(10-8-19)28(23,24)15-4-5-16-17(14-15)26-12-11-25-16/h4-5,14H,1-3,7-13H2. The first-order chi connectivity index (χ1) is 13.3. The summed E-state index contributed by atoms with van der Waals surface area (Å²) in [6, 6.07) is 6.48. The topological polar surface area (TPSA) is 117 Å². The number of nitriles is 1. The zero-order chi connectivity index (χ0) is 20.2. The van der Waals surface area contributed by atoms with E-state index in [0.717, 1.165) is 0 Å². The fourth-order valence-electron chi connectivity index (χ4n) is 3.14. The first-order valence-corrected chi connectivity index (χ1v) is 12.1. The fraction of sp³-hybridized carbons (Fsp3) is 0.588. The normalized spacial score (nSPS) is 18.5. The second-order valence-corrected chi connectivity index (χ2v) is 10.6. The van der Waals surface area contributed by atoms with Crippen LogP contribution >= 0.6 is 0 Å². The molecule has 3 rings (SSSR count). The molecule has 0 aliphatic carbocycles. The second kappa shape index (κ2) is 8.65. The molecule has 0 unspecified atom stereocenters. The van der Waals surface area contributed by atoms with Crippen LogP contribution < -0.4 is 9.47 Å². The molecule has 2 heterocycles. The zero-order valence-electron chi connectivity index (χ0n) is 15.4. The summed E-state index contributed by atoms with van der Waals surface area (Å²) in [5.41, 5.74) is 0. The van der Waals surface area contributed by atoms with Crippen molar-refractivity contribution in [2.45, 2.75) is 24.2 Å². The van der Waals surface area contributed by atoms with Gasteiger partial charge in [-0.1, -0.05) is 0 Å². The predicted molar refractivity (Wildman–Crippen MR) is 101 cm³/mol. The van der Waals surface area contributed by atoms with Crippen molar-refractivity contribution in [2.24, 2.45) is 0 Å². The number of unbranched alkanes of at least 4 members (excludes halogenated alkanes) is 2. The molecule has 0 saturated carbocycles. The minimum Gasteiger partial charge on any atom is -0.486 e. The molecule has 0 radical (unpaired) electrons. The third kappa shape index (κ3) is 4.57. The molecule has 0 amide bonds. The summed E-state index contributed by atoms with van der Waals surface area (Å²) >= 11 is 0. The molecule has 2 aliphatic rings. The Hall–Kier alpha value is -1.87. The van der Waals surface area contributed by atoms with Crippen molar-refractivity contribution in [2.75, 3.05) is 45.1 Å². The van der Waals surface area contributed by atoms with Crippen LogP contribution in [0.5, 0.6) is 11.5 Å². The third-order valence-corrected chi connectivity index (χ3v) is 8.53. The molecule has 11 heteroatoms. The van der Waals surface area contributed by atoms with E-state index in [1.807, 2.05) is 6.07 Å². The Morgan fingerprint density at radius 2 is 1.57 bits per heavy atom. The van der Waals surface area contributed by atoms with E-state index in [-0.39, 0.29) is 36.8 Å². The van der Waals surface area contributed by atoms with Gasteiger partial charge in [0.05, 0.1) is 16.7 Å². The number of fused-ring (bicyclic) bond motifs is 1. The van der Waals surface area contributed by atoms with Crippen molar-refractivity contribution in [3.05, 3.63) is 18.2 Å². The van der Waals surface area contributed by atoms with Gasteiger partial charge in [-0.25, -0.2) is 16.8 Å². The number of hydrogen-bond acceptors (Lipinski definition) is 7. The van der Waals surface area contributed by atoms with Gasteiger partial charge in [-0.05, 0) is 25.0 Å². The Bertz CT molecular complexity index is 948. The Morgan fingerprint density at radius 1 is 0.929 bits per heavy atom. The first kappa shape index (κ1) is 20.9. The van der Waals surface area contributed by atoms with Crippen LogP contribution in [0.3, 0.4) is 0 Å². The average molecular weight is 430 g/mol. The molecule has 0 N–H and O–H groups in total. The number of sulfonamides is 2. The number of benzene rings is 1. The molecule has 1 aromatic rings. The van der Waals surface area contributed by atoms with Gasteiger partial charge in [0.25, 0.3) is 0 Å². The van der Waals surface area contributed by atoms with E-state index in [0.29, 0.717) is 44.0 Å². The lowest BCUT2D eigenvalue weighted by Gasteiger charge is -2.33. The summed E-state index contributed by atoms with van der Waals surface area (Å²) < 4.78 is 64.0. The Morgan fingerprint density at radius 3 is 2.25 bits per heavy atom. The van der Waals surface area contributed by atoms with Crippen LogP contribution in [-0.2, 0) is 20.0 Å². The van der Waals surface area contributed by atoms with Crippen molar-refractivity contribution < 1.29 is 26.3 Å². The van der Waals surface area contributed by atoms with Gasteiger partial charge in [0.1, 0.15) is 13.2 Å². The zero-order valence-corrected chi connectivity index (χ0v) is 17.0. The largest absolute Gasteiger partial charge is 0.486 e. The van der Waals surface area contributed by atoms with Crippen molar-refractivity contribution >= 4 is 20.0 Å². The van der Waals surface area contributed by atoms with Crippen LogP contribution in [-0.4, -0.2) is 70.6 Å². The molecule has 0 aromatic heterocycles. The molecular formula is C17H23N3O6S2. The lowest BCUT2D eigenvalue weighted by Crippen LogP contribution is -2.50. The van der Waals surface area contributed by atoms with Crippen LogP contribution in [0.1, 0.15) is 19.3 Å². The van der Waals surface area contributed by atoms with E-state index in [1.54, 1.807) is 6.07 Å². The Balaban J connectivity index is 1.63. The molecule has 9 nitrogen and oxygen atoms in total. The smallest absolute Gasteiger partial charge is 0.243 e. The lowest BCUT2D eigenvalue weighted by molar-refractivity contribution is 0.171. The predicted octanol–water partition coefficient (Wildman–Crippen LogP) is 0.788. The summed E-state index contributed by atoms with van der Waals surface area (Å²) in [6.45, 7) is 1.20. The van der Waals surface area contributed by atoms with Crippen LogP contribution in [0.2, 0.25) is 0 Å². The van der Waals surface area contributed by atoms with Gasteiger partial charge in [-0.15, -0.1) is 0 Å². The average Bonchev–Trinajstić information content (AvgIpc) is 2.71. The molecule has 28 heavy (non-hydrogen) atoms. The maximum Gasteiger partial charge on any atom is 0.243 e. The monoisotopic (exact) mass is 429 g/mol. The highest BCUT2D eigenvalue weighted by Gasteiger charge is 2.33. The molecular weight excluding hydrogens is 406 g/mol. The van der Waals surface area contributed by atoms with Gasteiger partial charge in [-0.3, -0.25) is 0 Å². The van der Waals surface area contributed by atoms with E-state index in [4.69, 9.17) is 14.7 Å². The van der Waals surface area contributed by atoms with Crippen molar-refractivity contribution in [1.82, 2.24) is 8.61 Å². The van der Waals surface area contributed by atoms with E-state index in [2.05, 4.69) is 0 Å². The number of hydrogen-bond donors (Lipinski definition) is 0. The number of piperazine rings is 1. The van der Waals surface area contributed by atoms with Gasteiger partial charge in [-0.2, -0.15) is 13.9 Å². The lowest BCUT2D eigenvalue weighted by atomic mass is 10.3. The van der Waals surface area contributed by atoms with Crippen molar-refractivity contribution in [1.29, 1.82) is 5.26 Å². The van der Waals surface area contributed by atoms with Gasteiger partial charge >= 0.3 is 0 Å². The molecule has 1 aromatic carbocycles. The van der Waals surface area contributed by atoms with Crippen LogP contribution in [0.4, 0.5) is 0 Å². The molecule has 2 aliphatic heterocycles. The fourth-order valence-corrected chi connectivity index (χ4v) is 6.12. The maximum atomic E-state index is 12.9. The molecule has 1 fully saturated rings. The van der Waals surface area contributed by atoms with Crippen molar-refractivity contribution in [3.63, 3.8) is 0 Å². The highest BCUT2D eigenvalue weighted by atomic mass is 32.2. The maximum absolute atomic E-state index is 12.9. The Labute approximate surface area is 165 Å². The quantitative estimate of drug-likeness (QED) is 0.588. The van der Waals surface area contributed by atoms with Gasteiger partial charge < -0.3 is 9.47 Å². The highest BCUT2D eigenvalue weighted by molar-refractivity contribution is 7.89. The molecule has 0 spiro atoms. The van der Waals surface area contributed by atoms with E-state index in [1.165, 1.54) is 20.7 Å². The number of ether oxygens (including phenoxy) is 2. The first-order valence-electron chi connectivity index (χ1n) is 9.09. The number of rotatable bonds is 7. The van der Waals surface area contributed by atoms with Crippen LogP contribution in [0.25, 0.3) is 0 Å². The molecule has 154 valence electrons.